The molecule has 8 heteroatoms. The van der Waals surface area contributed by atoms with Gasteiger partial charge in [0, 0.05) is 23.3 Å². The molecule has 160 valence electrons. The molecule has 3 aromatic heterocycles. The standard InChI is InChI=1S/C25H18N6O2/c26-11-16-4-3-5-17(8-16)14-31-15-20(13-28-31)29-24(32)19-9-21(25(33)27-12-19)23-10-18-6-1-2-7-22(18)30-23/h1-10,12-13,15,30H,14H2,(H,27,33)(H,29,32). The van der Waals surface area contributed by atoms with E-state index >= 15 is 0 Å². The van der Waals surface area contributed by atoms with Crippen LogP contribution in [0.2, 0.25) is 0 Å². The number of para-hydroxylation sites is 1. The molecule has 3 N–H and O–H groups in total. The van der Waals surface area contributed by atoms with Gasteiger partial charge >= 0.3 is 0 Å². The van der Waals surface area contributed by atoms with Crippen LogP contribution in [0, 0.1) is 11.3 Å². The first kappa shape index (κ1) is 20.0. The number of benzene rings is 2. The molecule has 0 aliphatic heterocycles. The first-order chi connectivity index (χ1) is 16.1. The molecule has 0 unspecified atom stereocenters. The molecule has 3 heterocycles. The maximum absolute atomic E-state index is 12.8. The van der Waals surface area contributed by atoms with Gasteiger partial charge in [0.2, 0.25) is 0 Å². The molecule has 0 aliphatic carbocycles. The Hall–Kier alpha value is -4.90. The summed E-state index contributed by atoms with van der Waals surface area (Å²) >= 11 is 0. The summed E-state index contributed by atoms with van der Waals surface area (Å²) in [5.74, 6) is -0.366. The highest BCUT2D eigenvalue weighted by molar-refractivity contribution is 6.04. The Morgan fingerprint density at radius 1 is 1.12 bits per heavy atom. The lowest BCUT2D eigenvalue weighted by Crippen LogP contribution is -2.16. The minimum Gasteiger partial charge on any atom is -0.354 e. The summed E-state index contributed by atoms with van der Waals surface area (Å²) in [5, 5.41) is 17.1. The van der Waals surface area contributed by atoms with Crippen molar-refractivity contribution in [2.24, 2.45) is 0 Å². The summed E-state index contributed by atoms with van der Waals surface area (Å²) in [7, 11) is 0. The molecule has 0 saturated carbocycles. The van der Waals surface area contributed by atoms with Gasteiger partial charge in [-0.15, -0.1) is 0 Å². The van der Waals surface area contributed by atoms with E-state index in [1.165, 1.54) is 6.20 Å². The Bertz CT molecular complexity index is 1550. The van der Waals surface area contributed by atoms with Crippen molar-refractivity contribution in [2.75, 3.05) is 5.32 Å². The number of pyridine rings is 1. The second kappa shape index (κ2) is 8.32. The molecule has 0 fully saturated rings. The average Bonchev–Trinajstić information content (AvgIpc) is 3.46. The number of aromatic nitrogens is 4. The molecule has 2 aromatic carbocycles. The number of nitrogens with zero attached hydrogens (tertiary/aromatic N) is 3. The zero-order valence-electron chi connectivity index (χ0n) is 17.4. The third-order valence-corrected chi connectivity index (χ3v) is 5.28. The molecule has 0 spiro atoms. The second-order valence-corrected chi connectivity index (χ2v) is 7.59. The number of nitrogens with one attached hydrogen (secondary N) is 3. The normalized spacial score (nSPS) is 10.8. The molecule has 0 bridgehead atoms. The highest BCUT2D eigenvalue weighted by Gasteiger charge is 2.13. The number of fused-ring (bicyclic) bond motifs is 1. The van der Waals surface area contributed by atoms with Crippen LogP contribution in [0.25, 0.3) is 22.2 Å². The third-order valence-electron chi connectivity index (χ3n) is 5.28. The summed E-state index contributed by atoms with van der Waals surface area (Å²) in [6.45, 7) is 0.467. The number of H-pyrrole nitrogens is 2. The number of carbonyl (C=O) groups excluding carboxylic acids is 1. The van der Waals surface area contributed by atoms with E-state index in [0.29, 0.717) is 34.6 Å². The van der Waals surface area contributed by atoms with Gasteiger partial charge in [0.25, 0.3) is 11.5 Å². The van der Waals surface area contributed by atoms with E-state index < -0.39 is 0 Å². The minimum atomic E-state index is -0.366. The first-order valence-corrected chi connectivity index (χ1v) is 10.2. The van der Waals surface area contributed by atoms with Gasteiger partial charge in [0.15, 0.2) is 0 Å². The largest absolute Gasteiger partial charge is 0.354 e. The summed E-state index contributed by atoms with van der Waals surface area (Å²) in [6, 6.07) is 20.6. The van der Waals surface area contributed by atoms with Crippen LogP contribution in [0.3, 0.4) is 0 Å². The summed E-state index contributed by atoms with van der Waals surface area (Å²) in [4.78, 5) is 31.1. The van der Waals surface area contributed by atoms with Gasteiger partial charge in [-0.25, -0.2) is 0 Å². The number of hydrogen-bond donors (Lipinski definition) is 3. The number of hydrogen-bond acceptors (Lipinski definition) is 4. The van der Waals surface area contributed by atoms with Crippen LogP contribution in [0.5, 0.6) is 0 Å². The van der Waals surface area contributed by atoms with Crippen molar-refractivity contribution in [3.05, 3.63) is 106 Å². The van der Waals surface area contributed by atoms with Crippen LogP contribution in [0.15, 0.2) is 84.0 Å². The molecule has 8 nitrogen and oxygen atoms in total. The van der Waals surface area contributed by atoms with Gasteiger partial charge in [-0.1, -0.05) is 30.3 Å². The Kier molecular flexibility index (Phi) is 5.05. The highest BCUT2D eigenvalue weighted by Crippen LogP contribution is 2.22. The number of nitriles is 1. The van der Waals surface area contributed by atoms with E-state index in [1.54, 1.807) is 35.3 Å². The number of anilines is 1. The quantitative estimate of drug-likeness (QED) is 0.389. The second-order valence-electron chi connectivity index (χ2n) is 7.59. The third kappa shape index (κ3) is 4.16. The van der Waals surface area contributed by atoms with Crippen molar-refractivity contribution >= 4 is 22.5 Å². The van der Waals surface area contributed by atoms with Crippen molar-refractivity contribution < 1.29 is 4.79 Å². The smallest absolute Gasteiger partial charge is 0.257 e. The highest BCUT2D eigenvalue weighted by atomic mass is 16.2. The van der Waals surface area contributed by atoms with Crippen molar-refractivity contribution in [1.82, 2.24) is 19.7 Å². The fourth-order valence-corrected chi connectivity index (χ4v) is 3.68. The molecule has 0 aliphatic rings. The zero-order chi connectivity index (χ0) is 22.8. The van der Waals surface area contributed by atoms with Crippen LogP contribution in [-0.4, -0.2) is 25.7 Å². The molecular weight excluding hydrogens is 416 g/mol. The van der Waals surface area contributed by atoms with Gasteiger partial charge in [0.05, 0.1) is 46.9 Å². The lowest BCUT2D eigenvalue weighted by molar-refractivity contribution is 0.102. The van der Waals surface area contributed by atoms with Crippen LogP contribution in [0.1, 0.15) is 21.5 Å². The molecule has 0 atom stereocenters. The molecule has 0 saturated heterocycles. The maximum atomic E-state index is 12.8. The average molecular weight is 434 g/mol. The van der Waals surface area contributed by atoms with Crippen LogP contribution >= 0.6 is 0 Å². The van der Waals surface area contributed by atoms with Crippen molar-refractivity contribution in [3.63, 3.8) is 0 Å². The monoisotopic (exact) mass is 434 g/mol. The molecular formula is C25H18N6O2. The van der Waals surface area contributed by atoms with Crippen LogP contribution in [0.4, 0.5) is 5.69 Å². The van der Waals surface area contributed by atoms with E-state index in [4.69, 9.17) is 5.26 Å². The maximum Gasteiger partial charge on any atom is 0.257 e. The van der Waals surface area contributed by atoms with E-state index in [0.717, 1.165) is 16.5 Å². The van der Waals surface area contributed by atoms with E-state index in [9.17, 15) is 9.59 Å². The first-order valence-electron chi connectivity index (χ1n) is 10.2. The zero-order valence-corrected chi connectivity index (χ0v) is 17.4. The van der Waals surface area contributed by atoms with Crippen LogP contribution < -0.4 is 10.9 Å². The molecule has 5 aromatic rings. The van der Waals surface area contributed by atoms with E-state index in [-0.39, 0.29) is 11.5 Å². The lowest BCUT2D eigenvalue weighted by Gasteiger charge is -2.05. The molecule has 33 heavy (non-hydrogen) atoms. The SMILES string of the molecule is N#Cc1cccc(Cn2cc(NC(=O)c3c[nH]c(=O)c(-c4cc5ccccc5[nH]4)c3)cn2)c1. The van der Waals surface area contributed by atoms with Gasteiger partial charge in [-0.2, -0.15) is 10.4 Å². The Labute approximate surface area is 188 Å². The predicted molar refractivity (Wildman–Crippen MR) is 125 cm³/mol. The van der Waals surface area contributed by atoms with Crippen LogP contribution in [-0.2, 0) is 6.54 Å². The Morgan fingerprint density at radius 2 is 2.00 bits per heavy atom. The molecule has 1 amide bonds. The topological polar surface area (TPSA) is 119 Å². The Balaban J connectivity index is 1.35. The number of aromatic amines is 2. The number of rotatable bonds is 5. The van der Waals surface area contributed by atoms with E-state index in [2.05, 4.69) is 26.5 Å². The summed E-state index contributed by atoms with van der Waals surface area (Å²) < 4.78 is 1.68. The van der Waals surface area contributed by atoms with Gasteiger partial charge in [-0.3, -0.25) is 14.3 Å². The van der Waals surface area contributed by atoms with Crippen molar-refractivity contribution in [1.29, 1.82) is 5.26 Å². The van der Waals surface area contributed by atoms with Gasteiger partial charge in [-0.05, 0) is 35.9 Å². The van der Waals surface area contributed by atoms with Crippen molar-refractivity contribution in [2.45, 2.75) is 6.54 Å². The Morgan fingerprint density at radius 3 is 2.85 bits per heavy atom. The minimum absolute atomic E-state index is 0.287. The fraction of sp³-hybridized carbons (Fsp3) is 0.0400. The summed E-state index contributed by atoms with van der Waals surface area (Å²) in [6.07, 6.45) is 4.65. The fourth-order valence-electron chi connectivity index (χ4n) is 3.68. The predicted octanol–water partition coefficient (Wildman–Crippen LogP) is 3.89. The van der Waals surface area contributed by atoms with Crippen molar-refractivity contribution in [3.8, 4) is 17.3 Å². The summed E-state index contributed by atoms with van der Waals surface area (Å²) in [5.41, 5.74) is 4.00. The van der Waals surface area contributed by atoms with Gasteiger partial charge in [0.1, 0.15) is 0 Å². The number of carbonyl (C=O) groups is 1. The molecule has 0 radical (unpaired) electrons. The lowest BCUT2D eigenvalue weighted by atomic mass is 10.1. The molecule has 5 rings (SSSR count). The van der Waals surface area contributed by atoms with Gasteiger partial charge < -0.3 is 15.3 Å². The number of amides is 1. The van der Waals surface area contributed by atoms with E-state index in [1.807, 2.05) is 42.5 Å².